The van der Waals surface area contributed by atoms with Crippen LogP contribution in [0.5, 0.6) is 11.5 Å². The maximum atomic E-state index is 12.4. The van der Waals surface area contributed by atoms with E-state index in [-0.39, 0.29) is 0 Å². The first-order valence-corrected chi connectivity index (χ1v) is 7.89. The van der Waals surface area contributed by atoms with Gasteiger partial charge in [0.05, 0.1) is 10.9 Å². The molecule has 2 aromatic carbocycles. The maximum Gasteiger partial charge on any atom is 0.344 e. The second-order valence-electron chi connectivity index (χ2n) is 5.83. The molecule has 0 aliphatic heterocycles. The lowest BCUT2D eigenvalue weighted by Gasteiger charge is -2.09. The van der Waals surface area contributed by atoms with Gasteiger partial charge in [-0.1, -0.05) is 12.1 Å². The van der Waals surface area contributed by atoms with Crippen LogP contribution in [0.15, 0.2) is 51.7 Å². The number of rotatable bonds is 3. The molecule has 0 atom stereocenters. The molecule has 0 saturated heterocycles. The highest BCUT2D eigenvalue weighted by atomic mass is 16.5. The Bertz CT molecular complexity index is 1060. The van der Waals surface area contributed by atoms with Crippen molar-refractivity contribution in [3.8, 4) is 22.6 Å². The van der Waals surface area contributed by atoms with Crippen LogP contribution in [-0.2, 0) is 9.59 Å². The topological polar surface area (TPSA) is 82.8 Å². The van der Waals surface area contributed by atoms with Crippen LogP contribution in [0, 0.1) is 6.92 Å². The minimum Gasteiger partial charge on any atom is -0.427 e. The lowest BCUT2D eigenvalue weighted by Crippen LogP contribution is -2.06. The maximum absolute atomic E-state index is 12.4. The summed E-state index contributed by atoms with van der Waals surface area (Å²) in [6.07, 6.45) is 0. The SMILES string of the molecule is CC(=O)Oc1ccc(-c2cc3c(OC(C)=O)cc(C)cc3oc2=O)cc1. The Labute approximate surface area is 149 Å². The van der Waals surface area contributed by atoms with Crippen LogP contribution < -0.4 is 15.1 Å². The summed E-state index contributed by atoms with van der Waals surface area (Å²) in [7, 11) is 0. The van der Waals surface area contributed by atoms with E-state index in [2.05, 4.69) is 0 Å². The molecular formula is C20H16O6. The van der Waals surface area contributed by atoms with Crippen molar-refractivity contribution >= 4 is 22.9 Å². The molecule has 0 bridgehead atoms. The summed E-state index contributed by atoms with van der Waals surface area (Å²) in [5.74, 6) is -0.184. The fraction of sp³-hybridized carbons (Fsp3) is 0.150. The molecule has 3 rings (SSSR count). The van der Waals surface area contributed by atoms with Crippen LogP contribution in [0.3, 0.4) is 0 Å². The minimum absolute atomic E-state index is 0.309. The molecule has 0 spiro atoms. The summed E-state index contributed by atoms with van der Waals surface area (Å²) < 4.78 is 15.6. The van der Waals surface area contributed by atoms with Crippen LogP contribution in [0.1, 0.15) is 19.4 Å². The minimum atomic E-state index is -0.517. The predicted octanol–water partition coefficient (Wildman–Crippen LogP) is 3.62. The van der Waals surface area contributed by atoms with Gasteiger partial charge in [0, 0.05) is 13.8 Å². The van der Waals surface area contributed by atoms with Crippen molar-refractivity contribution in [2.75, 3.05) is 0 Å². The van der Waals surface area contributed by atoms with Gasteiger partial charge in [-0.3, -0.25) is 9.59 Å². The summed E-state index contributed by atoms with van der Waals surface area (Å²) in [4.78, 5) is 34.7. The van der Waals surface area contributed by atoms with Crippen LogP contribution in [-0.4, -0.2) is 11.9 Å². The first-order chi connectivity index (χ1) is 12.3. The van der Waals surface area contributed by atoms with Gasteiger partial charge >= 0.3 is 17.6 Å². The average molecular weight is 352 g/mol. The predicted molar refractivity (Wildman–Crippen MR) is 95.3 cm³/mol. The molecule has 0 unspecified atom stereocenters. The third-order valence-electron chi connectivity index (χ3n) is 3.64. The molecule has 1 aromatic heterocycles. The van der Waals surface area contributed by atoms with Gasteiger partial charge in [0.1, 0.15) is 17.1 Å². The lowest BCUT2D eigenvalue weighted by molar-refractivity contribution is -0.132. The van der Waals surface area contributed by atoms with E-state index in [1.807, 2.05) is 6.92 Å². The van der Waals surface area contributed by atoms with E-state index in [9.17, 15) is 14.4 Å². The zero-order chi connectivity index (χ0) is 18.8. The molecule has 6 heteroatoms. The number of ether oxygens (including phenoxy) is 2. The number of benzene rings is 2. The van der Waals surface area contributed by atoms with Crippen LogP contribution in [0.4, 0.5) is 0 Å². The summed E-state index contributed by atoms with van der Waals surface area (Å²) in [5, 5.41) is 0.518. The van der Waals surface area contributed by atoms with E-state index in [1.165, 1.54) is 13.8 Å². The summed E-state index contributed by atoms with van der Waals surface area (Å²) in [5.41, 5.74) is 1.52. The van der Waals surface area contributed by atoms with Gasteiger partial charge in [0.2, 0.25) is 0 Å². The smallest absolute Gasteiger partial charge is 0.344 e. The number of hydrogen-bond acceptors (Lipinski definition) is 6. The third-order valence-corrected chi connectivity index (χ3v) is 3.64. The molecule has 132 valence electrons. The summed E-state index contributed by atoms with van der Waals surface area (Å²) in [6, 6.07) is 11.5. The molecule has 0 aliphatic rings. The molecule has 6 nitrogen and oxygen atoms in total. The first kappa shape index (κ1) is 17.4. The number of carbonyl (C=O) groups is 2. The second-order valence-corrected chi connectivity index (χ2v) is 5.83. The third kappa shape index (κ3) is 3.64. The van der Waals surface area contributed by atoms with Gasteiger partial charge in [-0.25, -0.2) is 4.79 Å². The van der Waals surface area contributed by atoms with E-state index < -0.39 is 17.6 Å². The van der Waals surface area contributed by atoms with Crippen LogP contribution in [0.2, 0.25) is 0 Å². The van der Waals surface area contributed by atoms with Crippen molar-refractivity contribution in [3.63, 3.8) is 0 Å². The molecule has 3 aromatic rings. The zero-order valence-electron chi connectivity index (χ0n) is 14.5. The average Bonchev–Trinajstić information content (AvgIpc) is 2.54. The quantitative estimate of drug-likeness (QED) is 0.407. The summed E-state index contributed by atoms with van der Waals surface area (Å²) >= 11 is 0. The van der Waals surface area contributed by atoms with Gasteiger partial charge in [-0.05, 0) is 48.4 Å². The van der Waals surface area contributed by atoms with Gasteiger partial charge in [-0.2, -0.15) is 0 Å². The Kier molecular flexibility index (Phi) is 4.58. The molecular weight excluding hydrogens is 336 g/mol. The van der Waals surface area contributed by atoms with Gasteiger partial charge < -0.3 is 13.9 Å². The number of esters is 2. The first-order valence-electron chi connectivity index (χ1n) is 7.89. The molecule has 1 heterocycles. The Morgan fingerprint density at radius 3 is 2.19 bits per heavy atom. The van der Waals surface area contributed by atoms with E-state index in [1.54, 1.807) is 42.5 Å². The molecule has 0 aliphatic carbocycles. The molecule has 26 heavy (non-hydrogen) atoms. The van der Waals surface area contributed by atoms with Crippen molar-refractivity contribution in [1.82, 2.24) is 0 Å². The standard InChI is InChI=1S/C20H16O6/c1-11-8-18(25-13(3)22)17-10-16(20(23)26-19(17)9-11)14-4-6-15(7-5-14)24-12(2)21/h4-10H,1-3H3. The molecule has 0 radical (unpaired) electrons. The van der Waals surface area contributed by atoms with Gasteiger partial charge in [0.15, 0.2) is 0 Å². The number of carbonyl (C=O) groups excluding carboxylic acids is 2. The summed E-state index contributed by atoms with van der Waals surface area (Å²) in [6.45, 7) is 4.43. The van der Waals surface area contributed by atoms with Gasteiger partial charge in [0.25, 0.3) is 0 Å². The van der Waals surface area contributed by atoms with Crippen LogP contribution in [0.25, 0.3) is 22.1 Å². The Morgan fingerprint density at radius 2 is 1.58 bits per heavy atom. The number of fused-ring (bicyclic) bond motifs is 1. The lowest BCUT2D eigenvalue weighted by atomic mass is 10.0. The molecule has 0 fully saturated rings. The van der Waals surface area contributed by atoms with Crippen molar-refractivity contribution in [2.45, 2.75) is 20.8 Å². The van der Waals surface area contributed by atoms with E-state index in [0.717, 1.165) is 5.56 Å². The zero-order valence-corrected chi connectivity index (χ0v) is 14.5. The van der Waals surface area contributed by atoms with Crippen molar-refractivity contribution < 1.29 is 23.5 Å². The normalized spacial score (nSPS) is 10.6. The van der Waals surface area contributed by atoms with Crippen molar-refractivity contribution in [3.05, 3.63) is 58.4 Å². The molecule has 0 amide bonds. The fourth-order valence-electron chi connectivity index (χ4n) is 2.63. The molecule has 0 saturated carbocycles. The Morgan fingerprint density at radius 1 is 0.923 bits per heavy atom. The second kappa shape index (κ2) is 6.84. The van der Waals surface area contributed by atoms with Crippen molar-refractivity contribution in [2.24, 2.45) is 0 Å². The number of aryl methyl sites for hydroxylation is 1. The van der Waals surface area contributed by atoms with Crippen molar-refractivity contribution in [1.29, 1.82) is 0 Å². The Hall–Kier alpha value is -3.41. The van der Waals surface area contributed by atoms with E-state index >= 15 is 0 Å². The highest BCUT2D eigenvalue weighted by Gasteiger charge is 2.13. The van der Waals surface area contributed by atoms with E-state index in [4.69, 9.17) is 13.9 Å². The van der Waals surface area contributed by atoms with Gasteiger partial charge in [-0.15, -0.1) is 0 Å². The Balaban J connectivity index is 2.13. The largest absolute Gasteiger partial charge is 0.427 e. The fourth-order valence-corrected chi connectivity index (χ4v) is 2.63. The monoisotopic (exact) mass is 352 g/mol. The van der Waals surface area contributed by atoms with Crippen LogP contribution >= 0.6 is 0 Å². The highest BCUT2D eigenvalue weighted by molar-refractivity contribution is 5.89. The highest BCUT2D eigenvalue weighted by Crippen LogP contribution is 2.30. The number of hydrogen-bond donors (Lipinski definition) is 0. The van der Waals surface area contributed by atoms with E-state index in [0.29, 0.717) is 33.6 Å². The molecule has 0 N–H and O–H groups in total.